The standard InChI is InChI=1S/C23H31ClN4O4S.C2H2/c1-23(2)11-19-28(22(31)16(7-9-33-19)26-18(29)12-25-3)20(23)21(30)27-15-6-8-32-17-5-4-13(24)10-14(15)17;1-2/h4-5,10,15-16,19-20,25H,6-9,11-12H2,1-3H3,(H,26,29)(H,27,30);1-2H. The van der Waals surface area contributed by atoms with Crippen molar-refractivity contribution in [3.63, 3.8) is 0 Å². The van der Waals surface area contributed by atoms with Gasteiger partial charge in [-0.05, 0) is 49.3 Å². The van der Waals surface area contributed by atoms with Gasteiger partial charge in [0.05, 0.1) is 24.6 Å². The van der Waals surface area contributed by atoms with Crippen LogP contribution in [0, 0.1) is 18.3 Å². The van der Waals surface area contributed by atoms with Crippen molar-refractivity contribution in [2.75, 3.05) is 26.0 Å². The number of benzene rings is 1. The lowest BCUT2D eigenvalue weighted by Crippen LogP contribution is -2.57. The van der Waals surface area contributed by atoms with Crippen LogP contribution in [0.2, 0.25) is 5.02 Å². The van der Waals surface area contributed by atoms with Crippen molar-refractivity contribution < 1.29 is 19.1 Å². The number of thioether (sulfide) groups is 1. The van der Waals surface area contributed by atoms with Crippen LogP contribution in [0.3, 0.4) is 0 Å². The molecule has 0 bridgehead atoms. The number of hydrogen-bond donors (Lipinski definition) is 3. The lowest BCUT2D eigenvalue weighted by Gasteiger charge is -2.36. The second-order valence-electron chi connectivity index (χ2n) is 9.49. The quantitative estimate of drug-likeness (QED) is 0.515. The molecule has 1 aromatic rings. The van der Waals surface area contributed by atoms with Gasteiger partial charge in [0.15, 0.2) is 0 Å². The molecule has 4 unspecified atom stereocenters. The number of terminal acetylenes is 1. The molecule has 0 spiro atoms. The summed E-state index contributed by atoms with van der Waals surface area (Å²) in [4.78, 5) is 41.1. The van der Waals surface area contributed by atoms with E-state index < -0.39 is 17.5 Å². The fraction of sp³-hybridized carbons (Fsp3) is 0.560. The SMILES string of the molecule is C#C.CNCC(=O)NC1CCSC2CC(C)(C)C(C(=O)NC3CCOc4ccc(Cl)cc43)N2C1=O. The second kappa shape index (κ2) is 11.5. The van der Waals surface area contributed by atoms with Gasteiger partial charge in [0.25, 0.3) is 0 Å². The van der Waals surface area contributed by atoms with Crippen LogP contribution in [0.4, 0.5) is 0 Å². The van der Waals surface area contributed by atoms with Crippen molar-refractivity contribution in [1.29, 1.82) is 0 Å². The van der Waals surface area contributed by atoms with Gasteiger partial charge in [-0.3, -0.25) is 14.4 Å². The zero-order valence-electron chi connectivity index (χ0n) is 20.3. The number of amides is 3. The molecular weight excluding hydrogens is 488 g/mol. The van der Waals surface area contributed by atoms with E-state index in [0.29, 0.717) is 30.2 Å². The summed E-state index contributed by atoms with van der Waals surface area (Å²) in [5, 5.41) is 9.31. The van der Waals surface area contributed by atoms with Crippen LogP contribution in [-0.4, -0.2) is 66.0 Å². The van der Waals surface area contributed by atoms with Crippen molar-refractivity contribution >= 4 is 41.1 Å². The van der Waals surface area contributed by atoms with E-state index in [2.05, 4.69) is 28.8 Å². The van der Waals surface area contributed by atoms with E-state index in [1.54, 1.807) is 29.8 Å². The molecule has 3 N–H and O–H groups in total. The molecule has 2 fully saturated rings. The lowest BCUT2D eigenvalue weighted by atomic mass is 9.83. The number of nitrogens with zero attached hydrogens (tertiary/aromatic N) is 1. The van der Waals surface area contributed by atoms with Gasteiger partial charge in [0.1, 0.15) is 17.8 Å². The summed E-state index contributed by atoms with van der Waals surface area (Å²) in [5.74, 6) is 0.864. The summed E-state index contributed by atoms with van der Waals surface area (Å²) in [5.41, 5.74) is 0.444. The van der Waals surface area contributed by atoms with E-state index in [1.807, 2.05) is 26.0 Å². The highest BCUT2D eigenvalue weighted by atomic mass is 35.5. The fourth-order valence-electron chi connectivity index (χ4n) is 5.02. The first-order valence-corrected chi connectivity index (χ1v) is 13.1. The molecule has 8 nitrogen and oxygen atoms in total. The average Bonchev–Trinajstić information content (AvgIpc) is 3.01. The molecule has 3 amide bonds. The van der Waals surface area contributed by atoms with Crippen LogP contribution in [0.5, 0.6) is 5.75 Å². The number of hydrogen-bond acceptors (Lipinski definition) is 6. The zero-order chi connectivity index (χ0) is 25.8. The molecule has 3 heterocycles. The number of likely N-dealkylation sites (N-methyl/N-ethyl adjacent to an activating group) is 1. The molecule has 0 radical (unpaired) electrons. The highest BCUT2D eigenvalue weighted by molar-refractivity contribution is 7.99. The first kappa shape index (κ1) is 27.2. The Kier molecular flexibility index (Phi) is 8.97. The van der Waals surface area contributed by atoms with Gasteiger partial charge in [-0.15, -0.1) is 24.6 Å². The van der Waals surface area contributed by atoms with Crippen molar-refractivity contribution in [1.82, 2.24) is 20.9 Å². The smallest absolute Gasteiger partial charge is 0.246 e. The molecular formula is C25H33ClN4O4S. The number of fused-ring (bicyclic) bond motifs is 2. The Labute approximate surface area is 216 Å². The molecule has 2 saturated heterocycles. The Morgan fingerprint density at radius 1 is 1.23 bits per heavy atom. The lowest BCUT2D eigenvalue weighted by molar-refractivity contribution is -0.143. The molecule has 3 aliphatic rings. The van der Waals surface area contributed by atoms with E-state index in [0.717, 1.165) is 17.7 Å². The molecule has 0 saturated carbocycles. The van der Waals surface area contributed by atoms with E-state index in [-0.39, 0.29) is 35.7 Å². The predicted molar refractivity (Wildman–Crippen MR) is 138 cm³/mol. The van der Waals surface area contributed by atoms with Crippen molar-refractivity contribution in [3.8, 4) is 18.6 Å². The van der Waals surface area contributed by atoms with E-state index in [4.69, 9.17) is 16.3 Å². The monoisotopic (exact) mass is 520 g/mol. The third-order valence-corrected chi connectivity index (χ3v) is 8.03. The average molecular weight is 521 g/mol. The van der Waals surface area contributed by atoms with Gasteiger partial charge in [-0.25, -0.2) is 0 Å². The molecule has 4 rings (SSSR count). The minimum atomic E-state index is -0.630. The fourth-order valence-corrected chi connectivity index (χ4v) is 6.78. The van der Waals surface area contributed by atoms with Crippen molar-refractivity contribution in [2.24, 2.45) is 5.41 Å². The van der Waals surface area contributed by atoms with Crippen LogP contribution in [0.25, 0.3) is 0 Å². The normalized spacial score (nSPS) is 26.7. The van der Waals surface area contributed by atoms with Gasteiger partial charge in [-0.1, -0.05) is 25.4 Å². The third kappa shape index (κ3) is 5.88. The maximum absolute atomic E-state index is 13.7. The van der Waals surface area contributed by atoms with E-state index in [1.165, 1.54) is 0 Å². The van der Waals surface area contributed by atoms with Crippen LogP contribution in [0.1, 0.15) is 44.7 Å². The topological polar surface area (TPSA) is 99.8 Å². The number of carbonyl (C=O) groups is 3. The van der Waals surface area contributed by atoms with Gasteiger partial charge >= 0.3 is 0 Å². The number of nitrogens with one attached hydrogen (secondary N) is 3. The number of carbonyl (C=O) groups excluding carboxylic acids is 3. The second-order valence-corrected chi connectivity index (χ2v) is 11.2. The molecule has 0 aliphatic carbocycles. The molecule has 3 aliphatic heterocycles. The van der Waals surface area contributed by atoms with Crippen molar-refractivity contribution in [3.05, 3.63) is 28.8 Å². The molecule has 35 heavy (non-hydrogen) atoms. The predicted octanol–water partition coefficient (Wildman–Crippen LogP) is 2.32. The first-order chi connectivity index (χ1) is 16.7. The molecule has 0 aromatic heterocycles. The highest BCUT2D eigenvalue weighted by Gasteiger charge is 2.54. The summed E-state index contributed by atoms with van der Waals surface area (Å²) in [6.45, 7) is 4.70. The van der Waals surface area contributed by atoms with Gasteiger partial charge < -0.3 is 25.6 Å². The van der Waals surface area contributed by atoms with Crippen LogP contribution >= 0.6 is 23.4 Å². The minimum Gasteiger partial charge on any atom is -0.493 e. The van der Waals surface area contributed by atoms with E-state index >= 15 is 0 Å². The summed E-state index contributed by atoms with van der Waals surface area (Å²) in [6.07, 6.45) is 9.89. The maximum atomic E-state index is 13.7. The molecule has 10 heteroatoms. The van der Waals surface area contributed by atoms with Gasteiger partial charge in [-0.2, -0.15) is 0 Å². The summed E-state index contributed by atoms with van der Waals surface area (Å²) >= 11 is 7.88. The first-order valence-electron chi connectivity index (χ1n) is 11.6. The summed E-state index contributed by atoms with van der Waals surface area (Å²) < 4.78 is 5.72. The molecule has 4 atom stereocenters. The van der Waals surface area contributed by atoms with Crippen molar-refractivity contribution in [2.45, 2.75) is 56.6 Å². The van der Waals surface area contributed by atoms with Gasteiger partial charge in [0.2, 0.25) is 17.7 Å². The van der Waals surface area contributed by atoms with Crippen LogP contribution in [-0.2, 0) is 14.4 Å². The minimum absolute atomic E-state index is 0.0918. The Balaban J connectivity index is 0.00000167. The molecule has 190 valence electrons. The zero-order valence-corrected chi connectivity index (χ0v) is 21.9. The number of rotatable bonds is 5. The van der Waals surface area contributed by atoms with Crippen LogP contribution in [0.15, 0.2) is 18.2 Å². The number of halogens is 1. The van der Waals surface area contributed by atoms with Gasteiger partial charge in [0, 0.05) is 17.0 Å². The Bertz CT molecular complexity index is 985. The largest absolute Gasteiger partial charge is 0.493 e. The highest BCUT2D eigenvalue weighted by Crippen LogP contribution is 2.46. The summed E-state index contributed by atoms with van der Waals surface area (Å²) in [7, 11) is 1.69. The Morgan fingerprint density at radius 3 is 2.69 bits per heavy atom. The summed E-state index contributed by atoms with van der Waals surface area (Å²) in [6, 6.07) is 3.91. The molecule has 1 aromatic carbocycles. The number of ether oxygens (including phenoxy) is 1. The van der Waals surface area contributed by atoms with E-state index in [9.17, 15) is 14.4 Å². The van der Waals surface area contributed by atoms with Crippen LogP contribution < -0.4 is 20.7 Å². The Morgan fingerprint density at radius 2 is 1.97 bits per heavy atom. The Hall–Kier alpha value is -2.41. The maximum Gasteiger partial charge on any atom is 0.246 e. The third-order valence-electron chi connectivity index (χ3n) is 6.55.